The molecule has 3 rings (SSSR count). The van der Waals surface area contributed by atoms with Crippen LogP contribution < -0.4 is 5.73 Å². The minimum Gasteiger partial charge on any atom is -0.329 e. The molecule has 1 saturated carbocycles. The number of fused-ring (bicyclic) bond motifs is 1. The van der Waals surface area contributed by atoms with Crippen molar-refractivity contribution in [2.24, 2.45) is 17.6 Å². The predicted molar refractivity (Wildman–Crippen MR) is 90.2 cm³/mol. The summed E-state index contributed by atoms with van der Waals surface area (Å²) in [4.78, 5) is 5.46. The molecule has 1 aromatic rings. The first-order valence-corrected chi connectivity index (χ1v) is 9.50. The molecule has 1 aromatic heterocycles. The van der Waals surface area contributed by atoms with E-state index in [1.807, 2.05) is 11.3 Å². The van der Waals surface area contributed by atoms with E-state index in [2.05, 4.69) is 33.8 Å². The molecule has 112 valence electrons. The Balaban J connectivity index is 1.73. The second kappa shape index (κ2) is 6.47. The van der Waals surface area contributed by atoms with Crippen LogP contribution in [-0.4, -0.2) is 24.5 Å². The minimum atomic E-state index is 0.424. The number of rotatable bonds is 3. The van der Waals surface area contributed by atoms with Gasteiger partial charge in [0.25, 0.3) is 0 Å². The van der Waals surface area contributed by atoms with Gasteiger partial charge in [0.05, 0.1) is 6.04 Å². The third kappa shape index (κ3) is 2.99. The Labute approximate surface area is 134 Å². The van der Waals surface area contributed by atoms with Gasteiger partial charge in [-0.15, -0.1) is 11.3 Å². The second-order valence-electron chi connectivity index (χ2n) is 6.39. The largest absolute Gasteiger partial charge is 0.329 e. The van der Waals surface area contributed by atoms with Gasteiger partial charge in [-0.05, 0) is 60.1 Å². The summed E-state index contributed by atoms with van der Waals surface area (Å²) in [5.41, 5.74) is 6.11. The van der Waals surface area contributed by atoms with Gasteiger partial charge in [0.2, 0.25) is 0 Å². The molecule has 0 bridgehead atoms. The van der Waals surface area contributed by atoms with Crippen molar-refractivity contribution in [2.45, 2.75) is 45.1 Å². The first kappa shape index (κ1) is 15.0. The van der Waals surface area contributed by atoms with Crippen LogP contribution in [0, 0.1) is 18.8 Å². The molecule has 2 aliphatic rings. The molecule has 0 spiro atoms. The number of thiophene rings is 1. The number of aryl methyl sites for hydroxylation is 1. The maximum absolute atomic E-state index is 6.11. The molecule has 2 N–H and O–H groups in total. The smallest absolute Gasteiger partial charge is 0.0564 e. The normalized spacial score (nSPS) is 29.1. The molecule has 1 aliphatic heterocycles. The molecule has 4 heteroatoms. The van der Waals surface area contributed by atoms with Gasteiger partial charge < -0.3 is 5.73 Å². The lowest BCUT2D eigenvalue weighted by Gasteiger charge is -2.44. The summed E-state index contributed by atoms with van der Waals surface area (Å²) in [5, 5.41) is 0. The molecule has 3 atom stereocenters. The highest BCUT2D eigenvalue weighted by Crippen LogP contribution is 2.40. The van der Waals surface area contributed by atoms with Crippen LogP contribution in [0.3, 0.4) is 0 Å². The number of hydrogen-bond donors (Lipinski definition) is 1. The fraction of sp³-hybridized carbons (Fsp3) is 0.750. The fourth-order valence-corrected chi connectivity index (χ4v) is 5.71. The summed E-state index contributed by atoms with van der Waals surface area (Å²) in [6.07, 6.45) is 7.18. The average Bonchev–Trinajstić information content (AvgIpc) is 2.79. The highest BCUT2D eigenvalue weighted by atomic mass is 79.9. The van der Waals surface area contributed by atoms with Crippen molar-refractivity contribution in [1.29, 1.82) is 0 Å². The highest BCUT2D eigenvalue weighted by molar-refractivity contribution is 9.10. The lowest BCUT2D eigenvalue weighted by atomic mass is 9.75. The summed E-state index contributed by atoms with van der Waals surface area (Å²) in [7, 11) is 0. The van der Waals surface area contributed by atoms with Crippen molar-refractivity contribution in [3.8, 4) is 0 Å². The Hall–Kier alpha value is 0.100. The molecule has 0 aromatic carbocycles. The SMILES string of the molecule is Cc1sc(C(CN)N2CCC3CCCCC3C2)cc1Br. The molecule has 2 nitrogen and oxygen atoms in total. The van der Waals surface area contributed by atoms with Crippen LogP contribution in [-0.2, 0) is 0 Å². The molecule has 20 heavy (non-hydrogen) atoms. The Morgan fingerprint density at radius 1 is 1.35 bits per heavy atom. The van der Waals surface area contributed by atoms with Crippen molar-refractivity contribution in [2.75, 3.05) is 19.6 Å². The standard InChI is InChI=1S/C16H25BrN2S/c1-11-14(17)8-16(20-11)15(9-18)19-7-6-12-4-2-3-5-13(12)10-19/h8,12-13,15H,2-7,9-10,18H2,1H3. The molecule has 2 heterocycles. The van der Waals surface area contributed by atoms with Gasteiger partial charge in [0.1, 0.15) is 0 Å². The predicted octanol–water partition coefficient (Wildman–Crippen LogP) is 4.33. The topological polar surface area (TPSA) is 29.3 Å². The van der Waals surface area contributed by atoms with E-state index in [1.54, 1.807) is 0 Å². The third-order valence-electron chi connectivity index (χ3n) is 5.19. The van der Waals surface area contributed by atoms with Gasteiger partial charge in [-0.3, -0.25) is 4.90 Å². The van der Waals surface area contributed by atoms with Gasteiger partial charge >= 0.3 is 0 Å². The van der Waals surface area contributed by atoms with Crippen LogP contribution >= 0.6 is 27.3 Å². The van der Waals surface area contributed by atoms with Crippen LogP contribution in [0.25, 0.3) is 0 Å². The zero-order valence-electron chi connectivity index (χ0n) is 12.3. The average molecular weight is 357 g/mol. The quantitative estimate of drug-likeness (QED) is 0.872. The van der Waals surface area contributed by atoms with E-state index in [0.717, 1.165) is 18.4 Å². The summed E-state index contributed by atoms with van der Waals surface area (Å²) in [5.74, 6) is 1.92. The summed E-state index contributed by atoms with van der Waals surface area (Å²) in [6.45, 7) is 5.42. The highest BCUT2D eigenvalue weighted by Gasteiger charge is 2.34. The number of likely N-dealkylation sites (tertiary alicyclic amines) is 1. The minimum absolute atomic E-state index is 0.424. The van der Waals surface area contributed by atoms with Crippen LogP contribution in [0.4, 0.5) is 0 Å². The third-order valence-corrected chi connectivity index (χ3v) is 7.43. The van der Waals surface area contributed by atoms with Crippen molar-refractivity contribution in [3.63, 3.8) is 0 Å². The van der Waals surface area contributed by atoms with E-state index in [9.17, 15) is 0 Å². The Bertz CT molecular complexity index is 440. The molecule has 1 aliphatic carbocycles. The van der Waals surface area contributed by atoms with E-state index in [4.69, 9.17) is 5.73 Å². The van der Waals surface area contributed by atoms with Crippen molar-refractivity contribution < 1.29 is 0 Å². The van der Waals surface area contributed by atoms with Gasteiger partial charge in [0, 0.05) is 27.3 Å². The van der Waals surface area contributed by atoms with Crippen molar-refractivity contribution >= 4 is 27.3 Å². The summed E-state index contributed by atoms with van der Waals surface area (Å²) >= 11 is 5.55. The van der Waals surface area contributed by atoms with Crippen LogP contribution in [0.1, 0.15) is 47.9 Å². The molecule has 1 saturated heterocycles. The Morgan fingerprint density at radius 2 is 2.10 bits per heavy atom. The fourth-order valence-electron chi connectivity index (χ4n) is 4.00. The Morgan fingerprint density at radius 3 is 2.75 bits per heavy atom. The summed E-state index contributed by atoms with van der Waals surface area (Å²) in [6, 6.07) is 2.71. The van der Waals surface area contributed by atoms with E-state index >= 15 is 0 Å². The van der Waals surface area contributed by atoms with E-state index < -0.39 is 0 Å². The molecule has 0 radical (unpaired) electrons. The number of hydrogen-bond acceptors (Lipinski definition) is 3. The molecular weight excluding hydrogens is 332 g/mol. The lowest BCUT2D eigenvalue weighted by Crippen LogP contribution is -2.45. The van der Waals surface area contributed by atoms with Gasteiger partial charge in [-0.2, -0.15) is 0 Å². The summed E-state index contributed by atoms with van der Waals surface area (Å²) < 4.78 is 1.24. The zero-order valence-corrected chi connectivity index (χ0v) is 14.7. The van der Waals surface area contributed by atoms with Crippen molar-refractivity contribution in [3.05, 3.63) is 20.3 Å². The van der Waals surface area contributed by atoms with Gasteiger partial charge in [0.15, 0.2) is 0 Å². The molecular formula is C16H25BrN2S. The van der Waals surface area contributed by atoms with E-state index in [0.29, 0.717) is 6.04 Å². The maximum Gasteiger partial charge on any atom is 0.0564 e. The van der Waals surface area contributed by atoms with E-state index in [-0.39, 0.29) is 0 Å². The van der Waals surface area contributed by atoms with Crippen LogP contribution in [0.2, 0.25) is 0 Å². The zero-order chi connectivity index (χ0) is 14.1. The maximum atomic E-state index is 6.11. The van der Waals surface area contributed by atoms with Crippen LogP contribution in [0.15, 0.2) is 10.5 Å². The first-order valence-electron chi connectivity index (χ1n) is 7.89. The van der Waals surface area contributed by atoms with Gasteiger partial charge in [-0.25, -0.2) is 0 Å². The number of nitrogens with zero attached hydrogens (tertiary/aromatic N) is 1. The molecule has 0 amide bonds. The number of nitrogens with two attached hydrogens (primary N) is 1. The Kier molecular flexibility index (Phi) is 4.86. The molecule has 2 fully saturated rings. The second-order valence-corrected chi connectivity index (χ2v) is 8.53. The molecule has 3 unspecified atom stereocenters. The lowest BCUT2D eigenvalue weighted by molar-refractivity contribution is 0.0596. The number of halogens is 1. The van der Waals surface area contributed by atoms with Crippen LogP contribution in [0.5, 0.6) is 0 Å². The first-order chi connectivity index (χ1) is 9.69. The number of piperidine rings is 1. The van der Waals surface area contributed by atoms with E-state index in [1.165, 1.54) is 59.4 Å². The van der Waals surface area contributed by atoms with Crippen molar-refractivity contribution in [1.82, 2.24) is 4.90 Å². The monoisotopic (exact) mass is 356 g/mol. The van der Waals surface area contributed by atoms with Gasteiger partial charge in [-0.1, -0.05) is 19.3 Å².